The van der Waals surface area contributed by atoms with Crippen molar-refractivity contribution in [3.05, 3.63) is 78.4 Å². The van der Waals surface area contributed by atoms with Gasteiger partial charge in [-0.05, 0) is 86.2 Å². The number of rotatable bonds is 10. The molecule has 1 atom stereocenters. The van der Waals surface area contributed by atoms with Crippen molar-refractivity contribution in [1.82, 2.24) is 5.32 Å². The summed E-state index contributed by atoms with van der Waals surface area (Å²) >= 11 is 5.27. The third kappa shape index (κ3) is 7.43. The van der Waals surface area contributed by atoms with Crippen LogP contribution in [-0.4, -0.2) is 32.7 Å². The molecule has 3 aromatic rings. The van der Waals surface area contributed by atoms with Gasteiger partial charge in [-0.3, -0.25) is 14.8 Å². The first-order valence-corrected chi connectivity index (χ1v) is 13.3. The van der Waals surface area contributed by atoms with E-state index in [-0.39, 0.29) is 16.1 Å². The number of hydrogen-bond acceptors (Lipinski definition) is 6. The zero-order valence-corrected chi connectivity index (χ0v) is 21.9. The quantitative estimate of drug-likeness (QED) is 0.312. The molecule has 1 unspecified atom stereocenters. The van der Waals surface area contributed by atoms with E-state index < -0.39 is 15.9 Å². The van der Waals surface area contributed by atoms with E-state index in [1.165, 1.54) is 19.2 Å². The highest BCUT2D eigenvalue weighted by Gasteiger charge is 2.17. The van der Waals surface area contributed by atoms with Gasteiger partial charge in [-0.1, -0.05) is 25.5 Å². The minimum atomic E-state index is -3.79. The highest BCUT2D eigenvalue weighted by atomic mass is 32.2. The van der Waals surface area contributed by atoms with Gasteiger partial charge in [-0.25, -0.2) is 8.42 Å². The molecular formula is C26H29N3O5S2. The number of methoxy groups -OCH3 is 1. The summed E-state index contributed by atoms with van der Waals surface area (Å²) in [5.74, 6) is 0.700. The van der Waals surface area contributed by atoms with E-state index in [0.717, 1.165) is 12.8 Å². The Morgan fingerprint density at radius 2 is 1.61 bits per heavy atom. The Kier molecular flexibility index (Phi) is 9.26. The van der Waals surface area contributed by atoms with Crippen molar-refractivity contribution in [3.8, 4) is 11.5 Å². The van der Waals surface area contributed by atoms with Crippen LogP contribution in [0.5, 0.6) is 11.5 Å². The largest absolute Gasteiger partial charge is 0.497 e. The van der Waals surface area contributed by atoms with Crippen LogP contribution in [0.15, 0.2) is 77.7 Å². The average molecular weight is 528 g/mol. The van der Waals surface area contributed by atoms with E-state index in [0.29, 0.717) is 28.4 Å². The summed E-state index contributed by atoms with van der Waals surface area (Å²) in [6.07, 6.45) is 1.82. The van der Waals surface area contributed by atoms with E-state index >= 15 is 0 Å². The minimum Gasteiger partial charge on any atom is -0.497 e. The van der Waals surface area contributed by atoms with Crippen molar-refractivity contribution in [2.75, 3.05) is 17.1 Å². The van der Waals surface area contributed by atoms with E-state index in [1.807, 2.05) is 6.92 Å². The fourth-order valence-electron chi connectivity index (χ4n) is 3.36. The van der Waals surface area contributed by atoms with Crippen molar-refractivity contribution in [1.29, 1.82) is 0 Å². The third-order valence-corrected chi connectivity index (χ3v) is 6.75. The van der Waals surface area contributed by atoms with Gasteiger partial charge in [0.1, 0.15) is 11.5 Å². The Hall–Kier alpha value is -3.63. The Labute approximate surface area is 217 Å². The molecule has 0 spiro atoms. The monoisotopic (exact) mass is 527 g/mol. The molecule has 8 nitrogen and oxygen atoms in total. The Bertz CT molecular complexity index is 1290. The summed E-state index contributed by atoms with van der Waals surface area (Å²) < 4.78 is 38.9. The predicted octanol–water partition coefficient (Wildman–Crippen LogP) is 5.19. The molecule has 0 saturated heterocycles. The number of carbonyl (C=O) groups is 1. The van der Waals surface area contributed by atoms with Crippen LogP contribution in [0.25, 0.3) is 0 Å². The number of nitrogens with one attached hydrogen (secondary N) is 3. The van der Waals surface area contributed by atoms with Crippen LogP contribution < -0.4 is 24.8 Å². The molecular weight excluding hydrogens is 498 g/mol. The van der Waals surface area contributed by atoms with Gasteiger partial charge in [0.15, 0.2) is 5.11 Å². The predicted molar refractivity (Wildman–Crippen MR) is 145 cm³/mol. The second kappa shape index (κ2) is 12.4. The molecule has 0 bridgehead atoms. The first-order chi connectivity index (χ1) is 17.2. The minimum absolute atomic E-state index is 0.0250. The molecule has 36 heavy (non-hydrogen) atoms. The van der Waals surface area contributed by atoms with Crippen LogP contribution in [0, 0.1) is 0 Å². The Morgan fingerprint density at radius 3 is 2.25 bits per heavy atom. The molecule has 0 aliphatic rings. The van der Waals surface area contributed by atoms with E-state index in [9.17, 15) is 13.2 Å². The number of thiocarbonyl (C=S) groups is 1. The smallest absolute Gasteiger partial charge is 0.261 e. The van der Waals surface area contributed by atoms with E-state index in [2.05, 4.69) is 22.3 Å². The highest BCUT2D eigenvalue weighted by molar-refractivity contribution is 7.92. The third-order valence-electron chi connectivity index (χ3n) is 5.15. The lowest BCUT2D eigenvalue weighted by molar-refractivity contribution is 0.0970. The average Bonchev–Trinajstić information content (AvgIpc) is 2.85. The maximum absolute atomic E-state index is 12.8. The molecule has 3 N–H and O–H groups in total. The Morgan fingerprint density at radius 1 is 0.972 bits per heavy atom. The normalized spacial score (nSPS) is 11.8. The maximum Gasteiger partial charge on any atom is 0.261 e. The van der Waals surface area contributed by atoms with Crippen molar-refractivity contribution in [3.63, 3.8) is 0 Å². The van der Waals surface area contributed by atoms with E-state index in [1.54, 1.807) is 60.7 Å². The zero-order valence-electron chi connectivity index (χ0n) is 20.3. The van der Waals surface area contributed by atoms with Crippen LogP contribution in [0.2, 0.25) is 0 Å². The fraction of sp³-hybridized carbons (Fsp3) is 0.231. The highest BCUT2D eigenvalue weighted by Crippen LogP contribution is 2.22. The van der Waals surface area contributed by atoms with Gasteiger partial charge in [-0.15, -0.1) is 0 Å². The standard InChI is InChI=1S/C26H29N3O5S2/c1-4-7-18(2)34-24-9-6-5-8-23(24)25(30)28-26(35)27-19-12-16-22(17-13-19)36(31,32)29-20-10-14-21(33-3)15-11-20/h5-6,8-18,29H,4,7H2,1-3H3,(H2,27,28,30,35). The number of para-hydroxylation sites is 1. The van der Waals surface area contributed by atoms with Crippen molar-refractivity contribution < 1.29 is 22.7 Å². The molecule has 190 valence electrons. The molecule has 0 aliphatic carbocycles. The molecule has 0 radical (unpaired) electrons. The summed E-state index contributed by atoms with van der Waals surface area (Å²) in [5, 5.41) is 5.60. The summed E-state index contributed by atoms with van der Waals surface area (Å²) in [5.41, 5.74) is 1.30. The number of amides is 1. The zero-order chi connectivity index (χ0) is 26.1. The van der Waals surface area contributed by atoms with Crippen LogP contribution in [0.1, 0.15) is 37.0 Å². The molecule has 3 aromatic carbocycles. The molecule has 10 heteroatoms. The summed E-state index contributed by atoms with van der Waals surface area (Å²) in [6, 6.07) is 19.5. The first kappa shape index (κ1) is 27.0. The number of benzene rings is 3. The number of ether oxygens (including phenoxy) is 2. The fourth-order valence-corrected chi connectivity index (χ4v) is 4.63. The molecule has 0 fully saturated rings. The van der Waals surface area contributed by atoms with Crippen LogP contribution in [0.4, 0.5) is 11.4 Å². The van der Waals surface area contributed by atoms with Gasteiger partial charge in [0.05, 0.1) is 23.7 Å². The molecule has 0 saturated carbocycles. The lowest BCUT2D eigenvalue weighted by atomic mass is 10.1. The molecule has 0 aromatic heterocycles. The van der Waals surface area contributed by atoms with Gasteiger partial charge in [-0.2, -0.15) is 0 Å². The van der Waals surface area contributed by atoms with Crippen molar-refractivity contribution in [2.45, 2.75) is 37.7 Å². The van der Waals surface area contributed by atoms with Gasteiger partial charge in [0, 0.05) is 11.4 Å². The molecule has 1 amide bonds. The van der Waals surface area contributed by atoms with Crippen LogP contribution in [-0.2, 0) is 10.0 Å². The SMILES string of the molecule is CCCC(C)Oc1ccccc1C(=O)NC(=S)Nc1ccc(S(=O)(=O)Nc2ccc(OC)cc2)cc1. The number of anilines is 2. The summed E-state index contributed by atoms with van der Waals surface area (Å²) in [6.45, 7) is 4.03. The van der Waals surface area contributed by atoms with Crippen molar-refractivity contribution in [2.24, 2.45) is 0 Å². The second-order valence-electron chi connectivity index (χ2n) is 7.98. The van der Waals surface area contributed by atoms with Crippen LogP contribution in [0.3, 0.4) is 0 Å². The first-order valence-electron chi connectivity index (χ1n) is 11.4. The summed E-state index contributed by atoms with van der Waals surface area (Å²) in [4.78, 5) is 12.9. The molecule has 3 rings (SSSR count). The van der Waals surface area contributed by atoms with Gasteiger partial charge < -0.3 is 14.8 Å². The van der Waals surface area contributed by atoms with Gasteiger partial charge >= 0.3 is 0 Å². The second-order valence-corrected chi connectivity index (χ2v) is 10.1. The van der Waals surface area contributed by atoms with Gasteiger partial charge in [0.2, 0.25) is 0 Å². The molecule has 0 aliphatic heterocycles. The number of sulfonamides is 1. The van der Waals surface area contributed by atoms with E-state index in [4.69, 9.17) is 21.7 Å². The summed E-state index contributed by atoms with van der Waals surface area (Å²) in [7, 11) is -2.25. The Balaban J connectivity index is 1.61. The lowest BCUT2D eigenvalue weighted by Crippen LogP contribution is -2.34. The lowest BCUT2D eigenvalue weighted by Gasteiger charge is -2.17. The maximum atomic E-state index is 12.8. The van der Waals surface area contributed by atoms with Gasteiger partial charge in [0.25, 0.3) is 15.9 Å². The van der Waals surface area contributed by atoms with Crippen molar-refractivity contribution >= 4 is 44.6 Å². The molecule has 0 heterocycles. The van der Waals surface area contributed by atoms with Crippen LogP contribution >= 0.6 is 12.2 Å². The topological polar surface area (TPSA) is 106 Å². The number of carbonyl (C=O) groups excluding carboxylic acids is 1. The number of hydrogen-bond donors (Lipinski definition) is 3.